The number of nitrogens with zero attached hydrogens (tertiary/aromatic N) is 1. The van der Waals surface area contributed by atoms with Crippen LogP contribution >= 0.6 is 0 Å². The van der Waals surface area contributed by atoms with Crippen LogP contribution in [0.25, 0.3) is 22.2 Å². The molecular formula is C24H21N3O3. The molecule has 2 aromatic heterocycles. The summed E-state index contributed by atoms with van der Waals surface area (Å²) in [6.45, 7) is 1.74. The van der Waals surface area contributed by atoms with E-state index in [0.29, 0.717) is 28.1 Å². The number of aromatic nitrogens is 2. The Hall–Kier alpha value is -3.67. The Kier molecular flexibility index (Phi) is 4.47. The second-order valence-corrected chi connectivity index (χ2v) is 7.72. The lowest BCUT2D eigenvalue weighted by molar-refractivity contribution is 0.0916. The van der Waals surface area contributed by atoms with Gasteiger partial charge >= 0.3 is 0 Å². The van der Waals surface area contributed by atoms with Crippen molar-refractivity contribution >= 4 is 22.6 Å². The molecule has 5 rings (SSSR count). The zero-order chi connectivity index (χ0) is 20.7. The summed E-state index contributed by atoms with van der Waals surface area (Å²) in [5.41, 5.74) is 3.67. The third kappa shape index (κ3) is 3.10. The number of hydrogen-bond donors (Lipinski definition) is 2. The highest BCUT2D eigenvalue weighted by molar-refractivity contribution is 6.19. The van der Waals surface area contributed by atoms with Gasteiger partial charge in [0.25, 0.3) is 5.91 Å². The number of nitrogens with one attached hydrogen (secondary N) is 2. The molecule has 2 N–H and O–H groups in total. The zero-order valence-electron chi connectivity index (χ0n) is 16.6. The Morgan fingerprint density at radius 2 is 1.93 bits per heavy atom. The first kappa shape index (κ1) is 18.4. The molecule has 1 amide bonds. The van der Waals surface area contributed by atoms with E-state index < -0.39 is 0 Å². The van der Waals surface area contributed by atoms with Gasteiger partial charge in [-0.25, -0.2) is 0 Å². The van der Waals surface area contributed by atoms with E-state index in [2.05, 4.69) is 15.5 Å². The lowest BCUT2D eigenvalue weighted by Gasteiger charge is -2.26. The van der Waals surface area contributed by atoms with Crippen LogP contribution in [0, 0.1) is 6.92 Å². The molecule has 2 heterocycles. The summed E-state index contributed by atoms with van der Waals surface area (Å²) in [6, 6.07) is 15.2. The van der Waals surface area contributed by atoms with Crippen molar-refractivity contribution in [3.05, 3.63) is 77.2 Å². The van der Waals surface area contributed by atoms with Crippen molar-refractivity contribution in [3.8, 4) is 11.3 Å². The molecular weight excluding hydrogens is 378 g/mol. The van der Waals surface area contributed by atoms with Gasteiger partial charge in [0.1, 0.15) is 11.5 Å². The van der Waals surface area contributed by atoms with E-state index in [4.69, 9.17) is 4.52 Å². The van der Waals surface area contributed by atoms with Gasteiger partial charge in [0.15, 0.2) is 0 Å². The summed E-state index contributed by atoms with van der Waals surface area (Å²) >= 11 is 0. The molecule has 30 heavy (non-hydrogen) atoms. The molecule has 4 aromatic rings. The SMILES string of the molecule is Cc1onc(-c2ccccc2)c1C(=O)c1c[nH]c2cc(C(=O)NC3CCC3)ccc12. The predicted octanol–water partition coefficient (Wildman–Crippen LogP) is 4.64. The number of aromatic amines is 1. The van der Waals surface area contributed by atoms with E-state index in [1.165, 1.54) is 6.42 Å². The van der Waals surface area contributed by atoms with E-state index >= 15 is 0 Å². The molecule has 0 atom stereocenters. The standard InChI is InChI=1S/C24H21N3O3/c1-14-21(22(27-30-14)15-6-3-2-4-7-15)23(28)19-13-25-20-12-16(10-11-18(19)20)24(29)26-17-8-5-9-17/h2-4,6-7,10-13,17,25H,5,8-9H2,1H3,(H,26,29). The fourth-order valence-electron chi connectivity index (χ4n) is 3.84. The molecule has 0 aliphatic heterocycles. The fraction of sp³-hybridized carbons (Fsp3) is 0.208. The van der Waals surface area contributed by atoms with Crippen LogP contribution in [-0.2, 0) is 0 Å². The first-order valence-electron chi connectivity index (χ1n) is 10.1. The van der Waals surface area contributed by atoms with Crippen LogP contribution in [0.2, 0.25) is 0 Å². The van der Waals surface area contributed by atoms with Crippen molar-refractivity contribution in [3.63, 3.8) is 0 Å². The Morgan fingerprint density at radius 3 is 2.67 bits per heavy atom. The van der Waals surface area contributed by atoms with Crippen molar-refractivity contribution in [2.24, 2.45) is 0 Å². The maximum atomic E-state index is 13.4. The molecule has 150 valence electrons. The second kappa shape index (κ2) is 7.30. The number of benzene rings is 2. The third-order valence-electron chi connectivity index (χ3n) is 5.77. The first-order valence-corrected chi connectivity index (χ1v) is 10.1. The van der Waals surface area contributed by atoms with Crippen LogP contribution in [0.15, 0.2) is 59.3 Å². The van der Waals surface area contributed by atoms with Gasteiger partial charge in [0.05, 0.1) is 5.56 Å². The van der Waals surface area contributed by atoms with Crippen LogP contribution in [-0.4, -0.2) is 27.9 Å². The number of amides is 1. The van der Waals surface area contributed by atoms with E-state index in [9.17, 15) is 9.59 Å². The molecule has 1 aliphatic rings. The average molecular weight is 399 g/mol. The minimum Gasteiger partial charge on any atom is -0.360 e. The van der Waals surface area contributed by atoms with Gasteiger partial charge in [0, 0.05) is 39.8 Å². The molecule has 0 saturated heterocycles. The van der Waals surface area contributed by atoms with E-state index in [0.717, 1.165) is 29.3 Å². The number of carbonyl (C=O) groups excluding carboxylic acids is 2. The van der Waals surface area contributed by atoms with Gasteiger partial charge in [-0.3, -0.25) is 9.59 Å². The minimum absolute atomic E-state index is 0.0784. The quantitative estimate of drug-likeness (QED) is 0.478. The highest BCUT2D eigenvalue weighted by atomic mass is 16.5. The number of rotatable bonds is 5. The maximum Gasteiger partial charge on any atom is 0.251 e. The van der Waals surface area contributed by atoms with Gasteiger partial charge in [-0.1, -0.05) is 41.6 Å². The first-order chi connectivity index (χ1) is 14.6. The van der Waals surface area contributed by atoms with Crippen molar-refractivity contribution in [1.82, 2.24) is 15.5 Å². The van der Waals surface area contributed by atoms with Crippen LogP contribution in [0.1, 0.15) is 51.3 Å². The van der Waals surface area contributed by atoms with Crippen LogP contribution < -0.4 is 5.32 Å². The summed E-state index contributed by atoms with van der Waals surface area (Å²) in [6.07, 6.45) is 4.93. The second-order valence-electron chi connectivity index (χ2n) is 7.72. The minimum atomic E-state index is -0.162. The molecule has 2 aromatic carbocycles. The summed E-state index contributed by atoms with van der Waals surface area (Å²) in [5.74, 6) is 0.237. The smallest absolute Gasteiger partial charge is 0.251 e. The molecule has 0 radical (unpaired) electrons. The molecule has 6 heteroatoms. The molecule has 0 spiro atoms. The summed E-state index contributed by atoms with van der Waals surface area (Å²) in [5, 5.41) is 7.92. The van der Waals surface area contributed by atoms with Crippen molar-refractivity contribution in [2.75, 3.05) is 0 Å². The molecule has 1 aliphatic carbocycles. The van der Waals surface area contributed by atoms with Crippen molar-refractivity contribution < 1.29 is 14.1 Å². The Bertz CT molecular complexity index is 1250. The lowest BCUT2D eigenvalue weighted by atomic mass is 9.93. The maximum absolute atomic E-state index is 13.4. The normalized spacial score (nSPS) is 13.9. The van der Waals surface area contributed by atoms with Gasteiger partial charge in [-0.15, -0.1) is 0 Å². The predicted molar refractivity (Wildman–Crippen MR) is 114 cm³/mol. The Balaban J connectivity index is 1.49. The van der Waals surface area contributed by atoms with Gasteiger partial charge in [0.2, 0.25) is 5.78 Å². The van der Waals surface area contributed by atoms with E-state index in [-0.39, 0.29) is 17.7 Å². The van der Waals surface area contributed by atoms with Crippen LogP contribution in [0.4, 0.5) is 0 Å². The average Bonchev–Trinajstić information content (AvgIpc) is 3.34. The van der Waals surface area contributed by atoms with Gasteiger partial charge < -0.3 is 14.8 Å². The summed E-state index contributed by atoms with van der Waals surface area (Å²) in [7, 11) is 0. The topological polar surface area (TPSA) is 88.0 Å². The lowest BCUT2D eigenvalue weighted by Crippen LogP contribution is -2.39. The highest BCUT2D eigenvalue weighted by Gasteiger charge is 2.25. The number of carbonyl (C=O) groups is 2. The molecule has 0 bridgehead atoms. The number of fused-ring (bicyclic) bond motifs is 1. The highest BCUT2D eigenvalue weighted by Crippen LogP contribution is 2.30. The summed E-state index contributed by atoms with van der Waals surface area (Å²) < 4.78 is 5.35. The van der Waals surface area contributed by atoms with E-state index in [1.54, 1.807) is 25.3 Å². The number of H-pyrrole nitrogens is 1. The van der Waals surface area contributed by atoms with Gasteiger partial charge in [-0.05, 0) is 38.3 Å². The monoisotopic (exact) mass is 399 g/mol. The van der Waals surface area contributed by atoms with Crippen LogP contribution in [0.3, 0.4) is 0 Å². The molecule has 1 saturated carbocycles. The number of ketones is 1. The summed E-state index contributed by atoms with van der Waals surface area (Å²) in [4.78, 5) is 29.0. The fourth-order valence-corrected chi connectivity index (χ4v) is 3.84. The number of hydrogen-bond acceptors (Lipinski definition) is 4. The van der Waals surface area contributed by atoms with Crippen molar-refractivity contribution in [2.45, 2.75) is 32.2 Å². The molecule has 0 unspecified atom stereocenters. The van der Waals surface area contributed by atoms with Gasteiger partial charge in [-0.2, -0.15) is 0 Å². The third-order valence-corrected chi connectivity index (χ3v) is 5.77. The molecule has 1 fully saturated rings. The number of aryl methyl sites for hydroxylation is 1. The van der Waals surface area contributed by atoms with E-state index in [1.807, 2.05) is 36.4 Å². The zero-order valence-corrected chi connectivity index (χ0v) is 16.6. The van der Waals surface area contributed by atoms with Crippen LogP contribution in [0.5, 0.6) is 0 Å². The largest absolute Gasteiger partial charge is 0.360 e. The Morgan fingerprint density at radius 1 is 1.13 bits per heavy atom. The molecule has 6 nitrogen and oxygen atoms in total. The van der Waals surface area contributed by atoms with Crippen molar-refractivity contribution in [1.29, 1.82) is 0 Å². The Labute approximate surface area is 173 Å².